The highest BCUT2D eigenvalue weighted by Gasteiger charge is 2.14. The lowest BCUT2D eigenvalue weighted by Gasteiger charge is -2.26. The van der Waals surface area contributed by atoms with Gasteiger partial charge in [-0.25, -0.2) is 4.68 Å². The fourth-order valence-electron chi connectivity index (χ4n) is 3.05. The number of ether oxygens (including phenoxy) is 1. The highest BCUT2D eigenvalue weighted by molar-refractivity contribution is 5.91. The average molecular weight is 380 g/mol. The number of morpholine rings is 1. The molecule has 0 aromatic carbocycles. The number of likely N-dealkylation sites (N-methyl/N-ethyl adjacent to an activating group) is 1. The van der Waals surface area contributed by atoms with Gasteiger partial charge in [0.25, 0.3) is 5.91 Å². The van der Waals surface area contributed by atoms with Crippen LogP contribution in [0, 0.1) is 0 Å². The van der Waals surface area contributed by atoms with Crippen LogP contribution in [0.4, 0.5) is 0 Å². The highest BCUT2D eigenvalue weighted by atomic mass is 16.5. The topological polar surface area (TPSA) is 92.6 Å². The van der Waals surface area contributed by atoms with Crippen molar-refractivity contribution in [1.82, 2.24) is 30.1 Å². The van der Waals surface area contributed by atoms with Crippen molar-refractivity contribution >= 4 is 11.8 Å². The molecule has 2 rings (SSSR count). The Hall–Kier alpha value is -2.00. The van der Waals surface area contributed by atoms with E-state index in [-0.39, 0.29) is 24.1 Å². The minimum atomic E-state index is -0.246. The molecule has 152 valence electrons. The largest absolute Gasteiger partial charge is 0.379 e. The van der Waals surface area contributed by atoms with Crippen LogP contribution in [0.5, 0.6) is 0 Å². The Morgan fingerprint density at radius 3 is 2.63 bits per heavy atom. The van der Waals surface area contributed by atoms with E-state index in [1.165, 1.54) is 10.9 Å². The molecule has 2 heterocycles. The summed E-state index contributed by atoms with van der Waals surface area (Å²) in [5.41, 5.74) is 0.246. The summed E-state index contributed by atoms with van der Waals surface area (Å²) < 4.78 is 6.75. The standard InChI is InChI=1S/C18H32N6O3/c1-3-23(4-2)17(25)15-24-14-16(20-21-24)18(26)19-8-6-5-7-9-22-10-12-27-13-11-22/h14H,3-13,15H2,1-2H3,(H,19,26). The van der Waals surface area contributed by atoms with E-state index in [4.69, 9.17) is 4.74 Å². The number of unbranched alkanes of at least 4 members (excludes halogenated alkanes) is 2. The third-order valence-corrected chi connectivity index (χ3v) is 4.73. The molecule has 0 bridgehead atoms. The predicted octanol–water partition coefficient (Wildman–Crippen LogP) is 0.379. The first-order chi connectivity index (χ1) is 13.1. The lowest BCUT2D eigenvalue weighted by atomic mass is 10.2. The second-order valence-corrected chi connectivity index (χ2v) is 6.64. The van der Waals surface area contributed by atoms with Crippen LogP contribution in [0.1, 0.15) is 43.6 Å². The third-order valence-electron chi connectivity index (χ3n) is 4.73. The van der Waals surface area contributed by atoms with Gasteiger partial charge in [-0.3, -0.25) is 14.5 Å². The van der Waals surface area contributed by atoms with Gasteiger partial charge in [0, 0.05) is 32.7 Å². The first kappa shape index (κ1) is 21.3. The van der Waals surface area contributed by atoms with E-state index >= 15 is 0 Å². The molecule has 1 aromatic heterocycles. The lowest BCUT2D eigenvalue weighted by Crippen LogP contribution is -2.36. The zero-order valence-electron chi connectivity index (χ0n) is 16.5. The van der Waals surface area contributed by atoms with Crippen LogP contribution < -0.4 is 5.32 Å². The molecule has 1 fully saturated rings. The molecule has 1 N–H and O–H groups in total. The normalized spacial score (nSPS) is 14.9. The van der Waals surface area contributed by atoms with Gasteiger partial charge in [0.05, 0.1) is 19.4 Å². The number of aromatic nitrogens is 3. The van der Waals surface area contributed by atoms with Gasteiger partial charge in [0.1, 0.15) is 6.54 Å². The molecule has 1 aromatic rings. The van der Waals surface area contributed by atoms with Crippen LogP contribution in [-0.2, 0) is 16.1 Å². The van der Waals surface area contributed by atoms with Gasteiger partial charge in [-0.2, -0.15) is 0 Å². The first-order valence-electron chi connectivity index (χ1n) is 9.90. The number of nitrogens with zero attached hydrogens (tertiary/aromatic N) is 5. The Balaban J connectivity index is 1.61. The number of rotatable bonds is 11. The van der Waals surface area contributed by atoms with Gasteiger partial charge in [-0.15, -0.1) is 5.10 Å². The number of nitrogens with one attached hydrogen (secondary N) is 1. The zero-order valence-corrected chi connectivity index (χ0v) is 16.5. The molecule has 0 unspecified atom stereocenters. The maximum absolute atomic E-state index is 12.1. The Labute approximate surface area is 161 Å². The molecule has 0 saturated carbocycles. The van der Waals surface area contributed by atoms with Gasteiger partial charge in [0.2, 0.25) is 5.91 Å². The van der Waals surface area contributed by atoms with Crippen LogP contribution in [0.25, 0.3) is 0 Å². The molecule has 1 aliphatic heterocycles. The van der Waals surface area contributed by atoms with Crippen LogP contribution in [0.15, 0.2) is 6.20 Å². The summed E-state index contributed by atoms with van der Waals surface area (Å²) >= 11 is 0. The molecule has 1 saturated heterocycles. The van der Waals surface area contributed by atoms with E-state index in [2.05, 4.69) is 20.5 Å². The summed E-state index contributed by atoms with van der Waals surface area (Å²) in [6, 6.07) is 0. The van der Waals surface area contributed by atoms with Gasteiger partial charge < -0.3 is 15.0 Å². The molecule has 2 amide bonds. The van der Waals surface area contributed by atoms with Crippen molar-refractivity contribution < 1.29 is 14.3 Å². The van der Waals surface area contributed by atoms with E-state index < -0.39 is 0 Å². The molecular weight excluding hydrogens is 348 g/mol. The first-order valence-corrected chi connectivity index (χ1v) is 9.90. The van der Waals surface area contributed by atoms with E-state index in [0.717, 1.165) is 52.1 Å². The molecule has 9 heteroatoms. The maximum atomic E-state index is 12.1. The van der Waals surface area contributed by atoms with Crippen LogP contribution >= 0.6 is 0 Å². The van der Waals surface area contributed by atoms with E-state index in [1.54, 1.807) is 4.90 Å². The number of carbonyl (C=O) groups excluding carboxylic acids is 2. The molecule has 0 atom stereocenters. The maximum Gasteiger partial charge on any atom is 0.273 e. The Bertz CT molecular complexity index is 581. The molecule has 0 spiro atoms. The Morgan fingerprint density at radius 2 is 1.93 bits per heavy atom. The van der Waals surface area contributed by atoms with Crippen LogP contribution in [0.2, 0.25) is 0 Å². The summed E-state index contributed by atoms with van der Waals surface area (Å²) in [4.78, 5) is 28.3. The minimum Gasteiger partial charge on any atom is -0.379 e. The van der Waals surface area contributed by atoms with Gasteiger partial charge in [-0.05, 0) is 33.2 Å². The number of carbonyl (C=O) groups is 2. The highest BCUT2D eigenvalue weighted by Crippen LogP contribution is 2.02. The fourth-order valence-corrected chi connectivity index (χ4v) is 3.05. The van der Waals surface area contributed by atoms with E-state index in [0.29, 0.717) is 19.6 Å². The second kappa shape index (κ2) is 11.7. The van der Waals surface area contributed by atoms with Crippen molar-refractivity contribution in [3.63, 3.8) is 0 Å². The third kappa shape index (κ3) is 7.26. The minimum absolute atomic E-state index is 0.0304. The lowest BCUT2D eigenvalue weighted by molar-refractivity contribution is -0.131. The fraction of sp³-hybridized carbons (Fsp3) is 0.778. The smallest absolute Gasteiger partial charge is 0.273 e. The van der Waals surface area contributed by atoms with E-state index in [9.17, 15) is 9.59 Å². The average Bonchev–Trinajstić information content (AvgIpc) is 3.14. The summed E-state index contributed by atoms with van der Waals surface area (Å²) in [5.74, 6) is -0.276. The molecule has 1 aliphatic rings. The summed E-state index contributed by atoms with van der Waals surface area (Å²) in [6.45, 7) is 10.7. The SMILES string of the molecule is CCN(CC)C(=O)Cn1cc(C(=O)NCCCCCN2CCOCC2)nn1. The van der Waals surface area contributed by atoms with Crippen molar-refractivity contribution in [2.45, 2.75) is 39.7 Å². The molecule has 0 radical (unpaired) electrons. The molecular formula is C18H32N6O3. The predicted molar refractivity (Wildman–Crippen MR) is 101 cm³/mol. The number of amides is 2. The quantitative estimate of drug-likeness (QED) is 0.558. The van der Waals surface area contributed by atoms with Gasteiger partial charge >= 0.3 is 0 Å². The van der Waals surface area contributed by atoms with Crippen LogP contribution in [0.3, 0.4) is 0 Å². The van der Waals surface area contributed by atoms with E-state index in [1.807, 2.05) is 13.8 Å². The van der Waals surface area contributed by atoms with Crippen molar-refractivity contribution in [2.75, 3.05) is 52.5 Å². The second-order valence-electron chi connectivity index (χ2n) is 6.64. The number of hydrogen-bond acceptors (Lipinski definition) is 6. The Morgan fingerprint density at radius 1 is 1.19 bits per heavy atom. The zero-order chi connectivity index (χ0) is 19.5. The van der Waals surface area contributed by atoms with Crippen LogP contribution in [-0.4, -0.2) is 89.1 Å². The van der Waals surface area contributed by atoms with Crippen molar-refractivity contribution in [2.24, 2.45) is 0 Å². The van der Waals surface area contributed by atoms with Crippen molar-refractivity contribution in [3.05, 3.63) is 11.9 Å². The summed E-state index contributed by atoms with van der Waals surface area (Å²) in [7, 11) is 0. The summed E-state index contributed by atoms with van der Waals surface area (Å²) in [6.07, 6.45) is 4.65. The van der Waals surface area contributed by atoms with Gasteiger partial charge in [0.15, 0.2) is 5.69 Å². The molecule has 0 aliphatic carbocycles. The Kier molecular flexibility index (Phi) is 9.20. The summed E-state index contributed by atoms with van der Waals surface area (Å²) in [5, 5.41) is 10.6. The number of hydrogen-bond donors (Lipinski definition) is 1. The van der Waals surface area contributed by atoms with Crippen molar-refractivity contribution in [1.29, 1.82) is 0 Å². The van der Waals surface area contributed by atoms with Crippen molar-refractivity contribution in [3.8, 4) is 0 Å². The molecule has 9 nitrogen and oxygen atoms in total. The molecule has 27 heavy (non-hydrogen) atoms. The monoisotopic (exact) mass is 380 g/mol. The van der Waals surface area contributed by atoms with Gasteiger partial charge in [-0.1, -0.05) is 11.6 Å².